The molecule has 0 aliphatic heterocycles. The quantitative estimate of drug-likeness (QED) is 0.749. The van der Waals surface area contributed by atoms with E-state index >= 15 is 0 Å². The summed E-state index contributed by atoms with van der Waals surface area (Å²) in [6.07, 6.45) is 0. The van der Waals surface area contributed by atoms with E-state index in [2.05, 4.69) is 20.9 Å². The summed E-state index contributed by atoms with van der Waals surface area (Å²) < 4.78 is 13.6. The first-order chi connectivity index (χ1) is 6.58. The maximum Gasteiger partial charge on any atom is 0.152 e. The molecule has 0 saturated heterocycles. The molecule has 1 aromatic heterocycles. The molecule has 0 amide bonds. The molecule has 1 heterocycles. The Labute approximate surface area is 93.0 Å². The Bertz CT molecular complexity index is 516. The topological polar surface area (TPSA) is 38.9 Å². The second-order valence-corrected chi connectivity index (χ2v) is 4.04. The Kier molecular flexibility index (Phi) is 2.33. The number of rotatable bonds is 0. The van der Waals surface area contributed by atoms with E-state index in [0.29, 0.717) is 21.1 Å². The van der Waals surface area contributed by atoms with Crippen molar-refractivity contribution in [2.24, 2.45) is 0 Å². The molecule has 0 radical (unpaired) electrons. The molecular weight excluding hydrogens is 270 g/mol. The second-order valence-electron chi connectivity index (χ2n) is 2.83. The lowest BCUT2D eigenvalue weighted by atomic mass is 10.2. The van der Waals surface area contributed by atoms with Crippen molar-refractivity contribution in [1.82, 2.24) is 4.98 Å². The third kappa shape index (κ3) is 1.55. The van der Waals surface area contributed by atoms with Gasteiger partial charge in [-0.15, -0.1) is 0 Å². The predicted octanol–water partition coefficient (Wildman–Crippen LogP) is 3.37. The van der Waals surface area contributed by atoms with Crippen LogP contribution in [0.1, 0.15) is 0 Å². The Hall–Kier alpha value is -0.870. The van der Waals surface area contributed by atoms with Crippen molar-refractivity contribution in [3.05, 3.63) is 33.6 Å². The molecule has 0 unspecified atom stereocenters. The summed E-state index contributed by atoms with van der Waals surface area (Å²) in [5.74, 6) is -0.340. The van der Waals surface area contributed by atoms with Gasteiger partial charge in [0.15, 0.2) is 5.15 Å². The van der Waals surface area contributed by atoms with Crippen LogP contribution in [0.3, 0.4) is 0 Å². The molecule has 1 aromatic carbocycles. The highest BCUT2D eigenvalue weighted by Crippen LogP contribution is 2.28. The minimum atomic E-state index is -0.340. The number of hydrogen-bond acceptors (Lipinski definition) is 2. The number of benzene rings is 1. The highest BCUT2D eigenvalue weighted by atomic mass is 79.9. The maximum absolute atomic E-state index is 13.0. The number of hydrogen-bond donors (Lipinski definition) is 1. The van der Waals surface area contributed by atoms with Crippen LogP contribution in [-0.4, -0.2) is 4.98 Å². The normalized spacial score (nSPS) is 10.8. The van der Waals surface area contributed by atoms with Crippen molar-refractivity contribution < 1.29 is 4.39 Å². The SMILES string of the molecule is Nc1cc2cc(F)cc(Br)c2nc1Cl. The zero-order valence-corrected chi connectivity index (χ0v) is 9.23. The van der Waals surface area contributed by atoms with Crippen LogP contribution >= 0.6 is 27.5 Å². The van der Waals surface area contributed by atoms with Crippen molar-refractivity contribution >= 4 is 44.1 Å². The first-order valence-corrected chi connectivity index (χ1v) is 4.96. The largest absolute Gasteiger partial charge is 0.396 e. The van der Waals surface area contributed by atoms with Gasteiger partial charge in [0, 0.05) is 9.86 Å². The van der Waals surface area contributed by atoms with E-state index in [4.69, 9.17) is 17.3 Å². The molecule has 0 bridgehead atoms. The first kappa shape index (κ1) is 9.68. The van der Waals surface area contributed by atoms with Crippen LogP contribution in [0.25, 0.3) is 10.9 Å². The van der Waals surface area contributed by atoms with E-state index in [9.17, 15) is 4.39 Å². The van der Waals surface area contributed by atoms with Crippen molar-refractivity contribution in [1.29, 1.82) is 0 Å². The van der Waals surface area contributed by atoms with Gasteiger partial charge in [0.1, 0.15) is 5.82 Å². The van der Waals surface area contributed by atoms with Gasteiger partial charge >= 0.3 is 0 Å². The third-order valence-electron chi connectivity index (χ3n) is 1.82. The maximum atomic E-state index is 13.0. The van der Waals surface area contributed by atoms with Crippen LogP contribution in [0.15, 0.2) is 22.7 Å². The zero-order chi connectivity index (χ0) is 10.3. The summed E-state index contributed by atoms with van der Waals surface area (Å²) in [6.45, 7) is 0. The monoisotopic (exact) mass is 274 g/mol. The minimum absolute atomic E-state index is 0.227. The number of pyridine rings is 1. The lowest BCUT2D eigenvalue weighted by Gasteiger charge is -2.03. The third-order valence-corrected chi connectivity index (χ3v) is 2.72. The van der Waals surface area contributed by atoms with Crippen LogP contribution in [-0.2, 0) is 0 Å². The van der Waals surface area contributed by atoms with E-state index in [1.54, 1.807) is 6.07 Å². The number of halogens is 3. The first-order valence-electron chi connectivity index (χ1n) is 3.78. The van der Waals surface area contributed by atoms with Gasteiger partial charge in [0.25, 0.3) is 0 Å². The van der Waals surface area contributed by atoms with Gasteiger partial charge in [0.2, 0.25) is 0 Å². The van der Waals surface area contributed by atoms with Gasteiger partial charge < -0.3 is 5.73 Å². The van der Waals surface area contributed by atoms with E-state index < -0.39 is 0 Å². The lowest BCUT2D eigenvalue weighted by Crippen LogP contribution is -1.91. The van der Waals surface area contributed by atoms with Crippen LogP contribution in [0.2, 0.25) is 5.15 Å². The van der Waals surface area contributed by atoms with Crippen molar-refractivity contribution in [3.8, 4) is 0 Å². The highest BCUT2D eigenvalue weighted by molar-refractivity contribution is 9.10. The highest BCUT2D eigenvalue weighted by Gasteiger charge is 2.06. The van der Waals surface area contributed by atoms with Gasteiger partial charge in [-0.3, -0.25) is 0 Å². The van der Waals surface area contributed by atoms with E-state index in [0.717, 1.165) is 0 Å². The van der Waals surface area contributed by atoms with Crippen molar-refractivity contribution in [3.63, 3.8) is 0 Å². The summed E-state index contributed by atoms with van der Waals surface area (Å²) in [6, 6.07) is 4.29. The van der Waals surface area contributed by atoms with Gasteiger partial charge in [-0.1, -0.05) is 11.6 Å². The molecule has 2 aromatic rings. The van der Waals surface area contributed by atoms with E-state index in [1.807, 2.05) is 0 Å². The van der Waals surface area contributed by atoms with Crippen LogP contribution in [0.4, 0.5) is 10.1 Å². The van der Waals surface area contributed by atoms with Crippen LogP contribution in [0.5, 0.6) is 0 Å². The molecule has 14 heavy (non-hydrogen) atoms. The summed E-state index contributed by atoms with van der Waals surface area (Å²) in [5, 5.41) is 0.851. The predicted molar refractivity (Wildman–Crippen MR) is 58.8 cm³/mol. The van der Waals surface area contributed by atoms with Gasteiger partial charge in [-0.2, -0.15) is 0 Å². The smallest absolute Gasteiger partial charge is 0.152 e. The van der Waals surface area contributed by atoms with Crippen LogP contribution in [0, 0.1) is 5.82 Å². The summed E-state index contributed by atoms with van der Waals surface area (Å²) in [5.41, 5.74) is 6.50. The summed E-state index contributed by atoms with van der Waals surface area (Å²) in [4.78, 5) is 4.04. The molecule has 5 heteroatoms. The number of aromatic nitrogens is 1. The van der Waals surface area contributed by atoms with E-state index in [-0.39, 0.29) is 11.0 Å². The number of fused-ring (bicyclic) bond motifs is 1. The fraction of sp³-hybridized carbons (Fsp3) is 0. The van der Waals surface area contributed by atoms with Crippen LogP contribution < -0.4 is 5.73 Å². The zero-order valence-electron chi connectivity index (χ0n) is 6.89. The van der Waals surface area contributed by atoms with E-state index in [1.165, 1.54) is 12.1 Å². The molecule has 72 valence electrons. The number of nitrogen functional groups attached to an aromatic ring is 1. The number of nitrogens with two attached hydrogens (primary N) is 1. The molecule has 2 rings (SSSR count). The number of nitrogens with zero attached hydrogens (tertiary/aromatic N) is 1. The van der Waals surface area contributed by atoms with Crippen molar-refractivity contribution in [2.45, 2.75) is 0 Å². The molecule has 0 aliphatic carbocycles. The molecule has 0 saturated carbocycles. The summed E-state index contributed by atoms with van der Waals surface area (Å²) in [7, 11) is 0. The standard InChI is InChI=1S/C9H5BrClFN2/c10-6-3-5(12)1-4-2-7(13)9(11)14-8(4)6/h1-3H,13H2. The molecule has 2 N–H and O–H groups in total. The molecular formula is C9H5BrClFN2. The van der Waals surface area contributed by atoms with Gasteiger partial charge in [-0.05, 0) is 34.1 Å². The van der Waals surface area contributed by atoms with Gasteiger partial charge in [-0.25, -0.2) is 9.37 Å². The Balaban J connectivity index is 2.89. The molecule has 0 atom stereocenters. The van der Waals surface area contributed by atoms with Gasteiger partial charge in [0.05, 0.1) is 11.2 Å². The minimum Gasteiger partial charge on any atom is -0.396 e. The average Bonchev–Trinajstić information content (AvgIpc) is 2.08. The average molecular weight is 276 g/mol. The fourth-order valence-electron chi connectivity index (χ4n) is 1.20. The Morgan fingerprint density at radius 2 is 2.07 bits per heavy atom. The number of anilines is 1. The Morgan fingerprint density at radius 3 is 2.79 bits per heavy atom. The second kappa shape index (κ2) is 3.37. The van der Waals surface area contributed by atoms with Crippen molar-refractivity contribution in [2.75, 3.05) is 5.73 Å². The molecule has 0 fully saturated rings. The molecule has 0 aliphatic rings. The molecule has 0 spiro atoms. The lowest BCUT2D eigenvalue weighted by molar-refractivity contribution is 0.629. The Morgan fingerprint density at radius 1 is 1.36 bits per heavy atom. The summed E-state index contributed by atoms with van der Waals surface area (Å²) >= 11 is 8.95. The fourth-order valence-corrected chi connectivity index (χ4v) is 1.88. The molecule has 2 nitrogen and oxygen atoms in total.